The zero-order valence-corrected chi connectivity index (χ0v) is 11.6. The third-order valence-electron chi connectivity index (χ3n) is 3.16. The summed E-state index contributed by atoms with van der Waals surface area (Å²) in [5, 5.41) is 9.06. The summed E-state index contributed by atoms with van der Waals surface area (Å²) in [6, 6.07) is 5.88. The molecule has 1 aromatic heterocycles. The first-order valence-electron chi connectivity index (χ1n) is 6.19. The van der Waals surface area contributed by atoms with Gasteiger partial charge in [-0.05, 0) is 36.2 Å². The smallest absolute Gasteiger partial charge is 0.341 e. The molecule has 0 aliphatic rings. The highest BCUT2D eigenvalue weighted by molar-refractivity contribution is 5.88. The maximum atomic E-state index is 13.6. The largest absolute Gasteiger partial charge is 0.494 e. The predicted octanol–water partition coefficient (Wildman–Crippen LogP) is 2.05. The first-order chi connectivity index (χ1) is 9.93. The molecule has 0 bridgehead atoms. The molecule has 1 N–H and O–H groups in total. The van der Waals surface area contributed by atoms with Crippen LogP contribution in [0.15, 0.2) is 35.3 Å². The minimum absolute atomic E-state index is 0.0836. The zero-order valence-electron chi connectivity index (χ0n) is 11.6. The van der Waals surface area contributed by atoms with Crippen molar-refractivity contribution in [3.8, 4) is 5.75 Å². The lowest BCUT2D eigenvalue weighted by Crippen LogP contribution is -2.27. The predicted molar refractivity (Wildman–Crippen MR) is 74.5 cm³/mol. The molecule has 5 nitrogen and oxygen atoms in total. The Bertz CT molecular complexity index is 752. The van der Waals surface area contributed by atoms with Crippen LogP contribution in [0.25, 0.3) is 0 Å². The third kappa shape index (κ3) is 2.94. The fourth-order valence-corrected chi connectivity index (χ4v) is 2.05. The summed E-state index contributed by atoms with van der Waals surface area (Å²) in [6.07, 6.45) is 1.49. The van der Waals surface area contributed by atoms with E-state index < -0.39 is 17.3 Å². The van der Waals surface area contributed by atoms with E-state index in [4.69, 9.17) is 9.84 Å². The number of nitrogens with zero attached hydrogens (tertiary/aromatic N) is 1. The Balaban J connectivity index is 2.41. The SMILES string of the molecule is COc1ccc(Cn2ccc(C)c(C(=O)O)c2=O)cc1F. The third-order valence-corrected chi connectivity index (χ3v) is 3.16. The number of hydrogen-bond donors (Lipinski definition) is 1. The maximum Gasteiger partial charge on any atom is 0.341 e. The summed E-state index contributed by atoms with van der Waals surface area (Å²) in [4.78, 5) is 23.2. The van der Waals surface area contributed by atoms with Crippen LogP contribution >= 0.6 is 0 Å². The molecule has 0 amide bonds. The average molecular weight is 291 g/mol. The molecule has 0 radical (unpaired) electrons. The number of carbonyl (C=O) groups is 1. The number of aromatic nitrogens is 1. The molecule has 2 aromatic rings. The molecule has 0 spiro atoms. The van der Waals surface area contributed by atoms with E-state index in [1.807, 2.05) is 0 Å². The number of pyridine rings is 1. The molecule has 6 heteroatoms. The number of carboxylic acid groups (broad SMARTS) is 1. The number of hydrogen-bond acceptors (Lipinski definition) is 3. The van der Waals surface area contributed by atoms with Crippen molar-refractivity contribution in [3.05, 3.63) is 63.3 Å². The van der Waals surface area contributed by atoms with E-state index in [0.717, 1.165) is 0 Å². The summed E-state index contributed by atoms with van der Waals surface area (Å²) >= 11 is 0. The van der Waals surface area contributed by atoms with Crippen molar-refractivity contribution >= 4 is 5.97 Å². The van der Waals surface area contributed by atoms with Gasteiger partial charge in [-0.15, -0.1) is 0 Å². The van der Waals surface area contributed by atoms with Crippen molar-refractivity contribution in [2.24, 2.45) is 0 Å². The van der Waals surface area contributed by atoms with E-state index in [1.54, 1.807) is 19.1 Å². The number of ether oxygens (including phenoxy) is 1. The van der Waals surface area contributed by atoms with Gasteiger partial charge in [0.25, 0.3) is 5.56 Å². The Morgan fingerprint density at radius 2 is 2.10 bits per heavy atom. The van der Waals surface area contributed by atoms with Crippen LogP contribution in [0.4, 0.5) is 4.39 Å². The second kappa shape index (κ2) is 5.78. The molecule has 1 aromatic carbocycles. The Hall–Kier alpha value is -2.63. The lowest BCUT2D eigenvalue weighted by molar-refractivity contribution is 0.0693. The highest BCUT2D eigenvalue weighted by Crippen LogP contribution is 2.18. The van der Waals surface area contributed by atoms with E-state index in [1.165, 1.54) is 30.0 Å². The molecule has 21 heavy (non-hydrogen) atoms. The van der Waals surface area contributed by atoms with Crippen molar-refractivity contribution < 1.29 is 19.0 Å². The van der Waals surface area contributed by atoms with Gasteiger partial charge < -0.3 is 14.4 Å². The quantitative estimate of drug-likeness (QED) is 0.936. The molecular formula is C15H14FNO4. The lowest BCUT2D eigenvalue weighted by atomic mass is 10.1. The number of aryl methyl sites for hydroxylation is 1. The highest BCUT2D eigenvalue weighted by Gasteiger charge is 2.14. The fraction of sp³-hybridized carbons (Fsp3) is 0.200. The van der Waals surface area contributed by atoms with Crippen LogP contribution in [0.2, 0.25) is 0 Å². The van der Waals surface area contributed by atoms with Gasteiger partial charge in [-0.25, -0.2) is 9.18 Å². The van der Waals surface area contributed by atoms with Crippen LogP contribution in [-0.2, 0) is 6.54 Å². The van der Waals surface area contributed by atoms with Gasteiger partial charge in [-0.1, -0.05) is 6.07 Å². The van der Waals surface area contributed by atoms with Crippen molar-refractivity contribution in [3.63, 3.8) is 0 Å². The van der Waals surface area contributed by atoms with E-state index in [0.29, 0.717) is 11.1 Å². The summed E-state index contributed by atoms with van der Waals surface area (Å²) in [5.74, 6) is -1.69. The van der Waals surface area contributed by atoms with Crippen molar-refractivity contribution in [2.75, 3.05) is 7.11 Å². The number of carboxylic acids is 1. The van der Waals surface area contributed by atoms with Crippen molar-refractivity contribution in [2.45, 2.75) is 13.5 Å². The molecule has 0 unspecified atom stereocenters. The Morgan fingerprint density at radius 1 is 1.38 bits per heavy atom. The number of benzene rings is 1. The topological polar surface area (TPSA) is 68.5 Å². The number of aromatic carboxylic acids is 1. The van der Waals surface area contributed by atoms with Crippen molar-refractivity contribution in [1.82, 2.24) is 4.57 Å². The fourth-order valence-electron chi connectivity index (χ4n) is 2.05. The van der Waals surface area contributed by atoms with Gasteiger partial charge in [0.1, 0.15) is 5.56 Å². The first kappa shape index (κ1) is 14.8. The van der Waals surface area contributed by atoms with Crippen LogP contribution in [0.3, 0.4) is 0 Å². The Labute approximate surface area is 120 Å². The summed E-state index contributed by atoms with van der Waals surface area (Å²) in [5.41, 5.74) is 0.0467. The minimum atomic E-state index is -1.27. The molecule has 0 aliphatic heterocycles. The van der Waals surface area contributed by atoms with Gasteiger partial charge in [0.2, 0.25) is 0 Å². The minimum Gasteiger partial charge on any atom is -0.494 e. The average Bonchev–Trinajstić information content (AvgIpc) is 2.42. The van der Waals surface area contributed by atoms with E-state index in [2.05, 4.69) is 0 Å². The molecule has 1 heterocycles. The molecule has 0 atom stereocenters. The van der Waals surface area contributed by atoms with E-state index >= 15 is 0 Å². The molecule has 0 aliphatic carbocycles. The normalized spacial score (nSPS) is 10.4. The maximum absolute atomic E-state index is 13.6. The standard InChI is InChI=1S/C15H14FNO4/c1-9-5-6-17(14(18)13(9)15(19)20)8-10-3-4-12(21-2)11(16)7-10/h3-7H,8H2,1-2H3,(H,19,20). The molecule has 0 saturated carbocycles. The molecule has 110 valence electrons. The van der Waals surface area contributed by atoms with E-state index in [-0.39, 0.29) is 17.9 Å². The van der Waals surface area contributed by atoms with Crippen LogP contribution in [0.5, 0.6) is 5.75 Å². The van der Waals surface area contributed by atoms with Gasteiger partial charge in [0.15, 0.2) is 11.6 Å². The van der Waals surface area contributed by atoms with Crippen LogP contribution in [0, 0.1) is 12.7 Å². The number of rotatable bonds is 4. The van der Waals surface area contributed by atoms with Crippen LogP contribution < -0.4 is 10.3 Å². The van der Waals surface area contributed by atoms with Crippen molar-refractivity contribution in [1.29, 1.82) is 0 Å². The molecular weight excluding hydrogens is 277 g/mol. The molecule has 0 saturated heterocycles. The van der Waals surface area contributed by atoms with Crippen LogP contribution in [0.1, 0.15) is 21.5 Å². The lowest BCUT2D eigenvalue weighted by Gasteiger charge is -2.10. The van der Waals surface area contributed by atoms with Gasteiger partial charge in [-0.2, -0.15) is 0 Å². The second-order valence-corrected chi connectivity index (χ2v) is 4.58. The van der Waals surface area contributed by atoms with E-state index in [9.17, 15) is 14.0 Å². The second-order valence-electron chi connectivity index (χ2n) is 4.58. The summed E-state index contributed by atoms with van der Waals surface area (Å²) in [6.45, 7) is 1.64. The van der Waals surface area contributed by atoms with Gasteiger partial charge >= 0.3 is 5.97 Å². The first-order valence-corrected chi connectivity index (χ1v) is 6.19. The summed E-state index contributed by atoms with van der Waals surface area (Å²) in [7, 11) is 1.36. The van der Waals surface area contributed by atoms with Gasteiger partial charge in [-0.3, -0.25) is 4.79 Å². The number of halogens is 1. The van der Waals surface area contributed by atoms with Gasteiger partial charge in [0, 0.05) is 6.20 Å². The molecule has 0 fully saturated rings. The molecule has 2 rings (SSSR count). The monoisotopic (exact) mass is 291 g/mol. The number of methoxy groups -OCH3 is 1. The van der Waals surface area contributed by atoms with Crippen LogP contribution in [-0.4, -0.2) is 22.8 Å². The Kier molecular flexibility index (Phi) is 4.07. The Morgan fingerprint density at radius 3 is 2.67 bits per heavy atom. The highest BCUT2D eigenvalue weighted by atomic mass is 19.1. The summed E-state index contributed by atoms with van der Waals surface area (Å²) < 4.78 is 19.7. The van der Waals surface area contributed by atoms with Gasteiger partial charge in [0.05, 0.1) is 13.7 Å². The zero-order chi connectivity index (χ0) is 15.6.